The van der Waals surface area contributed by atoms with Crippen LogP contribution in [0.3, 0.4) is 0 Å². The van der Waals surface area contributed by atoms with Crippen molar-refractivity contribution in [3.05, 3.63) is 12.3 Å². The van der Waals surface area contributed by atoms with E-state index < -0.39 is 9.84 Å². The number of sulfone groups is 1. The van der Waals surface area contributed by atoms with E-state index in [9.17, 15) is 8.42 Å². The maximum absolute atomic E-state index is 11.6. The molecule has 1 fully saturated rings. The monoisotopic (exact) mass is 327 g/mol. The molecule has 1 aromatic rings. The Morgan fingerprint density at radius 1 is 1.36 bits per heavy atom. The van der Waals surface area contributed by atoms with Crippen molar-refractivity contribution >= 4 is 21.6 Å². The average Bonchev–Trinajstić information content (AvgIpc) is 2.83. The molecule has 1 atom stereocenters. The molecule has 22 heavy (non-hydrogen) atoms. The van der Waals surface area contributed by atoms with Crippen LogP contribution in [0.15, 0.2) is 12.3 Å². The molecule has 1 aliphatic heterocycles. The third-order valence-corrected chi connectivity index (χ3v) is 5.55. The van der Waals surface area contributed by atoms with Gasteiger partial charge in [-0.25, -0.2) is 13.4 Å². The fourth-order valence-electron chi connectivity index (χ4n) is 2.47. The van der Waals surface area contributed by atoms with E-state index in [-0.39, 0.29) is 17.5 Å². The normalized spacial score (nSPS) is 20.3. The summed E-state index contributed by atoms with van der Waals surface area (Å²) in [5.41, 5.74) is 0. The van der Waals surface area contributed by atoms with Crippen molar-refractivity contribution < 1.29 is 8.42 Å². The van der Waals surface area contributed by atoms with Gasteiger partial charge in [-0.3, -0.25) is 0 Å². The lowest BCUT2D eigenvalue weighted by atomic mass is 10.2. The van der Waals surface area contributed by atoms with Gasteiger partial charge in [0.1, 0.15) is 5.82 Å². The molecular weight excluding hydrogens is 302 g/mol. The Balaban J connectivity index is 1.93. The Hall–Kier alpha value is -1.41. The molecule has 124 valence electrons. The summed E-state index contributed by atoms with van der Waals surface area (Å²) >= 11 is 0. The molecule has 0 radical (unpaired) electrons. The minimum atomic E-state index is -2.90. The molecule has 1 N–H and O–H groups in total. The van der Waals surface area contributed by atoms with Gasteiger partial charge in [0, 0.05) is 25.8 Å². The van der Waals surface area contributed by atoms with Crippen LogP contribution in [0.25, 0.3) is 0 Å². The van der Waals surface area contributed by atoms with Gasteiger partial charge in [0.2, 0.25) is 5.95 Å². The van der Waals surface area contributed by atoms with Crippen LogP contribution in [0, 0.1) is 0 Å². The zero-order chi connectivity index (χ0) is 16.2. The summed E-state index contributed by atoms with van der Waals surface area (Å²) in [5, 5.41) is 3.28. The molecule has 1 unspecified atom stereocenters. The van der Waals surface area contributed by atoms with Crippen molar-refractivity contribution in [3.8, 4) is 0 Å². The second-order valence-corrected chi connectivity index (χ2v) is 8.22. The highest BCUT2D eigenvalue weighted by Gasteiger charge is 2.31. The third-order valence-electron chi connectivity index (χ3n) is 3.80. The molecular formula is C14H25N5O2S. The zero-order valence-corrected chi connectivity index (χ0v) is 14.3. The Morgan fingerprint density at radius 2 is 2.14 bits per heavy atom. The molecule has 8 heteroatoms. The van der Waals surface area contributed by atoms with Gasteiger partial charge < -0.3 is 15.1 Å². The summed E-state index contributed by atoms with van der Waals surface area (Å²) in [6.07, 6.45) is 3.38. The highest BCUT2D eigenvalue weighted by molar-refractivity contribution is 7.91. The summed E-state index contributed by atoms with van der Waals surface area (Å²) in [7, 11) is 3.05. The van der Waals surface area contributed by atoms with Crippen molar-refractivity contribution in [2.75, 3.05) is 56.0 Å². The van der Waals surface area contributed by atoms with E-state index in [0.717, 1.165) is 25.3 Å². The zero-order valence-electron chi connectivity index (χ0n) is 13.5. The molecule has 0 bridgehead atoms. The molecule has 1 aromatic heterocycles. The van der Waals surface area contributed by atoms with Crippen LogP contribution < -0.4 is 10.2 Å². The highest BCUT2D eigenvalue weighted by atomic mass is 32.2. The van der Waals surface area contributed by atoms with Crippen LogP contribution in [0.5, 0.6) is 0 Å². The molecule has 1 saturated heterocycles. The third kappa shape index (κ3) is 4.81. The molecule has 0 aromatic carbocycles. The van der Waals surface area contributed by atoms with Crippen molar-refractivity contribution in [2.45, 2.75) is 18.9 Å². The van der Waals surface area contributed by atoms with E-state index in [1.54, 1.807) is 6.20 Å². The van der Waals surface area contributed by atoms with Gasteiger partial charge in [0.05, 0.1) is 11.5 Å². The van der Waals surface area contributed by atoms with Crippen LogP contribution in [-0.4, -0.2) is 75.1 Å². The van der Waals surface area contributed by atoms with Crippen molar-refractivity contribution in [1.82, 2.24) is 14.9 Å². The molecule has 2 rings (SSSR count). The van der Waals surface area contributed by atoms with Crippen LogP contribution >= 0.6 is 0 Å². The van der Waals surface area contributed by atoms with Gasteiger partial charge in [-0.05, 0) is 39.5 Å². The summed E-state index contributed by atoms with van der Waals surface area (Å²) < 4.78 is 23.2. The molecule has 0 saturated carbocycles. The van der Waals surface area contributed by atoms with Crippen LogP contribution in [0.4, 0.5) is 11.8 Å². The van der Waals surface area contributed by atoms with E-state index in [0.29, 0.717) is 12.4 Å². The van der Waals surface area contributed by atoms with Gasteiger partial charge >= 0.3 is 0 Å². The highest BCUT2D eigenvalue weighted by Crippen LogP contribution is 2.20. The van der Waals surface area contributed by atoms with Crippen molar-refractivity contribution in [1.29, 1.82) is 0 Å². The topological polar surface area (TPSA) is 78.4 Å². The quantitative estimate of drug-likeness (QED) is 0.729. The van der Waals surface area contributed by atoms with Crippen molar-refractivity contribution in [2.24, 2.45) is 0 Å². The number of rotatable bonds is 7. The predicted octanol–water partition coefficient (Wildman–Crippen LogP) is 0.464. The van der Waals surface area contributed by atoms with E-state index in [1.165, 1.54) is 0 Å². The first-order chi connectivity index (χ1) is 10.4. The SMILES string of the molecule is CN(C)CCCNc1ccnc(N(C)C2CCS(=O)(=O)C2)n1. The minimum absolute atomic E-state index is 0.0333. The second-order valence-electron chi connectivity index (χ2n) is 5.99. The summed E-state index contributed by atoms with van der Waals surface area (Å²) in [6, 6.07) is 1.80. The number of hydrogen-bond donors (Lipinski definition) is 1. The second kappa shape index (κ2) is 7.23. The maximum Gasteiger partial charge on any atom is 0.227 e. The van der Waals surface area contributed by atoms with Gasteiger partial charge in [0.15, 0.2) is 9.84 Å². The summed E-state index contributed by atoms with van der Waals surface area (Å²) in [4.78, 5) is 12.7. The van der Waals surface area contributed by atoms with Crippen molar-refractivity contribution in [3.63, 3.8) is 0 Å². The first-order valence-corrected chi connectivity index (χ1v) is 9.34. The van der Waals surface area contributed by atoms with Crippen LogP contribution in [0.2, 0.25) is 0 Å². The summed E-state index contributed by atoms with van der Waals surface area (Å²) in [6.45, 7) is 1.86. The number of nitrogens with zero attached hydrogens (tertiary/aromatic N) is 4. The van der Waals surface area contributed by atoms with Gasteiger partial charge in [-0.2, -0.15) is 4.98 Å². The van der Waals surface area contributed by atoms with Gasteiger partial charge in [-0.1, -0.05) is 0 Å². The van der Waals surface area contributed by atoms with Gasteiger partial charge in [-0.15, -0.1) is 0 Å². The Bertz CT molecular complexity index is 591. The first-order valence-electron chi connectivity index (χ1n) is 7.52. The molecule has 0 aliphatic carbocycles. The lowest BCUT2D eigenvalue weighted by Gasteiger charge is -2.23. The smallest absolute Gasteiger partial charge is 0.227 e. The predicted molar refractivity (Wildman–Crippen MR) is 89.2 cm³/mol. The fraction of sp³-hybridized carbons (Fsp3) is 0.714. The number of aromatic nitrogens is 2. The van der Waals surface area contributed by atoms with Crippen LogP contribution in [0.1, 0.15) is 12.8 Å². The molecule has 2 heterocycles. The van der Waals surface area contributed by atoms with E-state index in [2.05, 4.69) is 20.2 Å². The van der Waals surface area contributed by atoms with Gasteiger partial charge in [0.25, 0.3) is 0 Å². The Kier molecular flexibility index (Phi) is 5.57. The van der Waals surface area contributed by atoms with E-state index in [4.69, 9.17) is 0 Å². The number of anilines is 2. The molecule has 1 aliphatic rings. The first kappa shape index (κ1) is 17.0. The van der Waals surface area contributed by atoms with E-state index >= 15 is 0 Å². The summed E-state index contributed by atoms with van der Waals surface area (Å²) in [5.74, 6) is 1.79. The number of nitrogens with one attached hydrogen (secondary N) is 1. The number of hydrogen-bond acceptors (Lipinski definition) is 7. The standard InChI is InChI=1S/C14H25N5O2S/c1-18(2)9-4-7-15-13-5-8-16-14(17-13)19(3)12-6-10-22(20,21)11-12/h5,8,12H,4,6-7,9-11H2,1-3H3,(H,15,16,17). The maximum atomic E-state index is 11.6. The molecule has 0 amide bonds. The largest absolute Gasteiger partial charge is 0.370 e. The minimum Gasteiger partial charge on any atom is -0.370 e. The van der Waals surface area contributed by atoms with E-state index in [1.807, 2.05) is 32.1 Å². The Labute approximate surface area is 132 Å². The molecule has 0 spiro atoms. The lowest BCUT2D eigenvalue weighted by molar-refractivity contribution is 0.405. The van der Waals surface area contributed by atoms with Crippen LogP contribution in [-0.2, 0) is 9.84 Å². The average molecular weight is 327 g/mol. The fourth-order valence-corrected chi connectivity index (χ4v) is 4.25. The lowest BCUT2D eigenvalue weighted by Crippen LogP contribution is -2.34. The molecule has 7 nitrogen and oxygen atoms in total. The Morgan fingerprint density at radius 3 is 2.77 bits per heavy atom.